The number of rotatable bonds is 10. The number of anilines is 1. The van der Waals surface area contributed by atoms with Crippen LogP contribution >= 0.6 is 11.6 Å². The second kappa shape index (κ2) is 12.5. The van der Waals surface area contributed by atoms with Gasteiger partial charge in [0.1, 0.15) is 12.6 Å². The predicted octanol–water partition coefficient (Wildman–Crippen LogP) is 5.01. The van der Waals surface area contributed by atoms with Gasteiger partial charge in [0.2, 0.25) is 11.8 Å². The highest BCUT2D eigenvalue weighted by molar-refractivity contribution is 7.92. The lowest BCUT2D eigenvalue weighted by molar-refractivity contribution is -0.139. The molecule has 3 aromatic carbocycles. The van der Waals surface area contributed by atoms with Crippen LogP contribution in [0.1, 0.15) is 36.1 Å². The molecular weight excluding hydrogens is 522 g/mol. The number of sulfonamides is 1. The van der Waals surface area contributed by atoms with Gasteiger partial charge in [-0.05, 0) is 75.6 Å². The molecule has 0 saturated heterocycles. The maximum atomic E-state index is 13.9. The van der Waals surface area contributed by atoms with Crippen molar-refractivity contribution in [2.45, 2.75) is 52.1 Å². The first-order valence-electron chi connectivity index (χ1n) is 12.4. The Kier molecular flexibility index (Phi) is 9.57. The van der Waals surface area contributed by atoms with Crippen molar-refractivity contribution in [1.82, 2.24) is 10.2 Å². The molecule has 3 rings (SSSR count). The third-order valence-electron chi connectivity index (χ3n) is 6.55. The quantitative estimate of drug-likeness (QED) is 0.381. The Labute approximate surface area is 230 Å². The molecule has 1 unspecified atom stereocenters. The number of hydrogen-bond donors (Lipinski definition) is 1. The molecule has 2 amide bonds. The number of halogens is 1. The van der Waals surface area contributed by atoms with Crippen LogP contribution < -0.4 is 9.62 Å². The summed E-state index contributed by atoms with van der Waals surface area (Å²) in [5.41, 5.74) is 3.61. The van der Waals surface area contributed by atoms with Crippen molar-refractivity contribution in [2.24, 2.45) is 0 Å². The molecule has 1 atom stereocenters. The summed E-state index contributed by atoms with van der Waals surface area (Å²) in [5, 5.41) is 3.20. The van der Waals surface area contributed by atoms with E-state index < -0.39 is 28.5 Å². The number of likely N-dealkylation sites (N-methyl/N-ethyl adjacent to an activating group) is 1. The lowest BCUT2D eigenvalue weighted by Crippen LogP contribution is -2.51. The normalized spacial score (nSPS) is 12.1. The van der Waals surface area contributed by atoms with Crippen molar-refractivity contribution < 1.29 is 18.0 Å². The number of carbonyl (C=O) groups is 2. The van der Waals surface area contributed by atoms with Gasteiger partial charge in [0.25, 0.3) is 10.0 Å². The van der Waals surface area contributed by atoms with Crippen LogP contribution in [-0.2, 0) is 26.2 Å². The molecule has 0 fully saturated rings. The van der Waals surface area contributed by atoms with E-state index in [1.54, 1.807) is 62.4 Å². The third kappa shape index (κ3) is 6.55. The fourth-order valence-corrected chi connectivity index (χ4v) is 5.74. The van der Waals surface area contributed by atoms with Crippen LogP contribution in [0.3, 0.4) is 0 Å². The predicted molar refractivity (Wildman–Crippen MR) is 152 cm³/mol. The monoisotopic (exact) mass is 555 g/mol. The van der Waals surface area contributed by atoms with Crippen LogP contribution in [0.15, 0.2) is 71.6 Å². The van der Waals surface area contributed by atoms with Gasteiger partial charge in [-0.1, -0.05) is 59.6 Å². The van der Waals surface area contributed by atoms with Gasteiger partial charge >= 0.3 is 0 Å². The highest BCUT2D eigenvalue weighted by atomic mass is 35.5. The van der Waals surface area contributed by atoms with Gasteiger partial charge in [-0.2, -0.15) is 0 Å². The second-order valence-electron chi connectivity index (χ2n) is 9.23. The van der Waals surface area contributed by atoms with Crippen LogP contribution in [-0.4, -0.2) is 44.3 Å². The molecule has 7 nitrogen and oxygen atoms in total. The number of hydrogen-bond acceptors (Lipinski definition) is 4. The fraction of sp³-hybridized carbons (Fsp3) is 0.310. The summed E-state index contributed by atoms with van der Waals surface area (Å²) in [7, 11) is -4.12. The molecule has 0 aliphatic rings. The van der Waals surface area contributed by atoms with Gasteiger partial charge in [0.15, 0.2) is 0 Å². The summed E-state index contributed by atoms with van der Waals surface area (Å²) in [6.45, 7) is 8.95. The number of benzene rings is 3. The average molecular weight is 556 g/mol. The summed E-state index contributed by atoms with van der Waals surface area (Å²) in [6.07, 6.45) is 0. The molecule has 0 aromatic heterocycles. The number of nitrogens with zero attached hydrogens (tertiary/aromatic N) is 2. The van der Waals surface area contributed by atoms with Crippen LogP contribution in [0.25, 0.3) is 0 Å². The third-order valence-corrected chi connectivity index (χ3v) is 8.69. The van der Waals surface area contributed by atoms with E-state index in [0.717, 1.165) is 21.0 Å². The Morgan fingerprint density at radius 2 is 1.61 bits per heavy atom. The lowest BCUT2D eigenvalue weighted by atomic mass is 10.1. The number of aryl methyl sites for hydroxylation is 2. The number of carbonyl (C=O) groups excluding carboxylic acids is 2. The molecule has 1 N–H and O–H groups in total. The average Bonchev–Trinajstić information content (AvgIpc) is 2.88. The first kappa shape index (κ1) is 29.2. The van der Waals surface area contributed by atoms with E-state index in [1.165, 1.54) is 17.0 Å². The van der Waals surface area contributed by atoms with Crippen molar-refractivity contribution in [3.8, 4) is 0 Å². The van der Waals surface area contributed by atoms with E-state index in [2.05, 4.69) is 5.32 Å². The SMILES string of the molecule is CCNC(=O)C(C)N(Cc1ccccc1Cl)C(=O)CN(c1cccc(C)c1C)S(=O)(=O)c1ccc(C)cc1. The molecule has 9 heteroatoms. The summed E-state index contributed by atoms with van der Waals surface area (Å²) in [4.78, 5) is 28.2. The number of amides is 2. The van der Waals surface area contributed by atoms with Gasteiger partial charge < -0.3 is 10.2 Å². The molecule has 0 aliphatic heterocycles. The maximum absolute atomic E-state index is 13.9. The van der Waals surface area contributed by atoms with Gasteiger partial charge in [0.05, 0.1) is 10.6 Å². The first-order chi connectivity index (χ1) is 18.0. The van der Waals surface area contributed by atoms with Crippen molar-refractivity contribution >= 4 is 39.1 Å². The van der Waals surface area contributed by atoms with Crippen LogP contribution in [0, 0.1) is 20.8 Å². The van der Waals surface area contributed by atoms with Crippen molar-refractivity contribution in [1.29, 1.82) is 0 Å². The Morgan fingerprint density at radius 1 is 0.947 bits per heavy atom. The smallest absolute Gasteiger partial charge is 0.264 e. The largest absolute Gasteiger partial charge is 0.355 e. The minimum absolute atomic E-state index is 0.0437. The van der Waals surface area contributed by atoms with E-state index in [4.69, 9.17) is 11.6 Å². The van der Waals surface area contributed by atoms with E-state index >= 15 is 0 Å². The molecule has 202 valence electrons. The summed E-state index contributed by atoms with van der Waals surface area (Å²) in [5.74, 6) is -0.868. The summed E-state index contributed by atoms with van der Waals surface area (Å²) < 4.78 is 29.0. The topological polar surface area (TPSA) is 86.8 Å². The van der Waals surface area contributed by atoms with E-state index in [9.17, 15) is 18.0 Å². The summed E-state index contributed by atoms with van der Waals surface area (Å²) >= 11 is 6.38. The molecule has 0 spiro atoms. The minimum atomic E-state index is -4.12. The van der Waals surface area contributed by atoms with Gasteiger partial charge in [-0.15, -0.1) is 0 Å². The van der Waals surface area contributed by atoms with E-state index in [1.807, 2.05) is 26.8 Å². The number of nitrogens with one attached hydrogen (secondary N) is 1. The summed E-state index contributed by atoms with van der Waals surface area (Å²) in [6, 6.07) is 18.0. The Hall–Kier alpha value is -3.36. The van der Waals surface area contributed by atoms with E-state index in [-0.39, 0.29) is 17.3 Å². The Balaban J connectivity index is 2.09. The van der Waals surface area contributed by atoms with Crippen molar-refractivity contribution in [3.05, 3.63) is 94.0 Å². The zero-order valence-electron chi connectivity index (χ0n) is 22.4. The standard InChI is InChI=1S/C29H34ClN3O4S/c1-6-31-29(35)23(5)32(18-24-11-7-8-12-26(24)30)28(34)19-33(27-13-9-10-21(3)22(27)4)38(36,37)25-16-14-20(2)15-17-25/h7-17,23H,6,18-19H2,1-5H3,(H,31,35). The van der Waals surface area contributed by atoms with Crippen LogP contribution in [0.4, 0.5) is 5.69 Å². The molecule has 0 heterocycles. The van der Waals surface area contributed by atoms with Gasteiger partial charge in [0, 0.05) is 18.1 Å². The Morgan fingerprint density at radius 3 is 2.24 bits per heavy atom. The molecule has 0 saturated carbocycles. The highest BCUT2D eigenvalue weighted by Gasteiger charge is 2.33. The lowest BCUT2D eigenvalue weighted by Gasteiger charge is -2.32. The van der Waals surface area contributed by atoms with E-state index in [0.29, 0.717) is 22.8 Å². The second-order valence-corrected chi connectivity index (χ2v) is 11.5. The highest BCUT2D eigenvalue weighted by Crippen LogP contribution is 2.29. The molecule has 3 aromatic rings. The van der Waals surface area contributed by atoms with Crippen molar-refractivity contribution in [2.75, 3.05) is 17.4 Å². The molecule has 0 radical (unpaired) electrons. The zero-order valence-corrected chi connectivity index (χ0v) is 23.9. The first-order valence-corrected chi connectivity index (χ1v) is 14.2. The fourth-order valence-electron chi connectivity index (χ4n) is 4.07. The van der Waals surface area contributed by atoms with Gasteiger partial charge in [-0.25, -0.2) is 8.42 Å². The minimum Gasteiger partial charge on any atom is -0.355 e. The van der Waals surface area contributed by atoms with Crippen LogP contribution in [0.5, 0.6) is 0 Å². The van der Waals surface area contributed by atoms with Gasteiger partial charge in [-0.3, -0.25) is 13.9 Å². The maximum Gasteiger partial charge on any atom is 0.264 e. The molecular formula is C29H34ClN3O4S. The van der Waals surface area contributed by atoms with Crippen LogP contribution in [0.2, 0.25) is 5.02 Å². The Bertz CT molecular complexity index is 1410. The molecule has 38 heavy (non-hydrogen) atoms. The molecule has 0 aliphatic carbocycles. The van der Waals surface area contributed by atoms with Crippen molar-refractivity contribution in [3.63, 3.8) is 0 Å². The zero-order chi connectivity index (χ0) is 28.0. The molecule has 0 bridgehead atoms.